The Balaban J connectivity index is 1.04. The molecule has 0 unspecified atom stereocenters. The molecule has 11 aromatic rings. The molecule has 0 saturated carbocycles. The maximum atomic E-state index is 5.21. The number of nitrogens with zero attached hydrogens (tertiary/aromatic N) is 3. The van der Waals surface area contributed by atoms with Crippen LogP contribution in [0.2, 0.25) is 0 Å². The van der Waals surface area contributed by atoms with E-state index in [4.69, 9.17) is 15.0 Å². The maximum Gasteiger partial charge on any atom is 0.164 e. The van der Waals surface area contributed by atoms with Crippen molar-refractivity contribution in [2.24, 2.45) is 0 Å². The lowest BCUT2D eigenvalue weighted by molar-refractivity contribution is 1.08. The predicted molar refractivity (Wildman–Crippen MR) is 250 cm³/mol. The van der Waals surface area contributed by atoms with Gasteiger partial charge in [-0.25, -0.2) is 15.0 Å². The zero-order valence-electron chi connectivity index (χ0n) is 32.7. The molecular formula is C57H37N3. The van der Waals surface area contributed by atoms with E-state index in [1.807, 2.05) is 18.2 Å². The van der Waals surface area contributed by atoms with Gasteiger partial charge in [0.05, 0.1) is 0 Å². The van der Waals surface area contributed by atoms with Gasteiger partial charge in [-0.15, -0.1) is 0 Å². The van der Waals surface area contributed by atoms with Crippen LogP contribution < -0.4 is 0 Å². The normalized spacial score (nSPS) is 11.3. The van der Waals surface area contributed by atoms with Crippen LogP contribution in [0.25, 0.3) is 111 Å². The highest BCUT2D eigenvalue weighted by atomic mass is 15.0. The lowest BCUT2D eigenvalue weighted by Gasteiger charge is -2.17. The summed E-state index contributed by atoms with van der Waals surface area (Å²) in [5.74, 6) is 1.91. The van der Waals surface area contributed by atoms with E-state index in [0.717, 1.165) is 38.6 Å². The van der Waals surface area contributed by atoms with Crippen molar-refractivity contribution in [1.29, 1.82) is 0 Å². The van der Waals surface area contributed by atoms with E-state index in [2.05, 4.69) is 206 Å². The van der Waals surface area contributed by atoms with Gasteiger partial charge < -0.3 is 0 Å². The fraction of sp³-hybridized carbons (Fsp3) is 0. The summed E-state index contributed by atoms with van der Waals surface area (Å²) in [7, 11) is 0. The highest BCUT2D eigenvalue weighted by Crippen LogP contribution is 2.43. The molecule has 0 spiro atoms. The van der Waals surface area contributed by atoms with Gasteiger partial charge in [0.1, 0.15) is 0 Å². The average molecular weight is 764 g/mol. The van der Waals surface area contributed by atoms with Crippen LogP contribution in [0, 0.1) is 0 Å². The molecule has 0 radical (unpaired) electrons. The standard InChI is InChI=1S/C57H37N3/c1-3-16-38(17-4-1)45-23-9-10-24-46(45)51-34-35-52(48-26-12-11-25-47(48)51)53-36-37-54(50-28-14-13-27-49(50)53)57-59-55(41-19-5-2-6-20-41)58-56(60-57)42-32-30-40(31-33-42)44-29-15-21-39-18-7-8-22-43(39)44/h1-37H. The first-order valence-corrected chi connectivity index (χ1v) is 20.4. The maximum absolute atomic E-state index is 5.21. The van der Waals surface area contributed by atoms with Gasteiger partial charge in [-0.2, -0.15) is 0 Å². The minimum Gasteiger partial charge on any atom is -0.208 e. The fourth-order valence-corrected chi connectivity index (χ4v) is 8.70. The first kappa shape index (κ1) is 35.2. The Morgan fingerprint density at radius 2 is 0.550 bits per heavy atom. The summed E-state index contributed by atoms with van der Waals surface area (Å²) in [5.41, 5.74) is 12.4. The molecule has 11 rings (SSSR count). The van der Waals surface area contributed by atoms with Crippen molar-refractivity contribution in [3.05, 3.63) is 224 Å². The van der Waals surface area contributed by atoms with Gasteiger partial charge in [0, 0.05) is 16.7 Å². The first-order valence-electron chi connectivity index (χ1n) is 20.4. The monoisotopic (exact) mass is 763 g/mol. The lowest BCUT2D eigenvalue weighted by Crippen LogP contribution is -2.01. The van der Waals surface area contributed by atoms with Crippen LogP contribution in [0.3, 0.4) is 0 Å². The number of fused-ring (bicyclic) bond motifs is 3. The molecule has 3 nitrogen and oxygen atoms in total. The molecule has 0 aliphatic rings. The number of benzene rings is 10. The van der Waals surface area contributed by atoms with E-state index in [9.17, 15) is 0 Å². The molecule has 1 aromatic heterocycles. The van der Waals surface area contributed by atoms with E-state index < -0.39 is 0 Å². The van der Waals surface area contributed by atoms with E-state index in [0.29, 0.717) is 17.5 Å². The van der Waals surface area contributed by atoms with Crippen LogP contribution in [-0.2, 0) is 0 Å². The summed E-state index contributed by atoms with van der Waals surface area (Å²) in [6.07, 6.45) is 0. The molecule has 0 N–H and O–H groups in total. The minimum atomic E-state index is 0.633. The summed E-state index contributed by atoms with van der Waals surface area (Å²) in [6.45, 7) is 0. The molecule has 0 aliphatic carbocycles. The van der Waals surface area contributed by atoms with Gasteiger partial charge in [-0.05, 0) is 82.9 Å². The van der Waals surface area contributed by atoms with Crippen molar-refractivity contribution >= 4 is 32.3 Å². The third-order valence-electron chi connectivity index (χ3n) is 11.6. The zero-order valence-corrected chi connectivity index (χ0v) is 32.7. The molecular weight excluding hydrogens is 727 g/mol. The van der Waals surface area contributed by atoms with Crippen LogP contribution in [0.1, 0.15) is 0 Å². The van der Waals surface area contributed by atoms with E-state index >= 15 is 0 Å². The second kappa shape index (κ2) is 15.1. The van der Waals surface area contributed by atoms with Crippen LogP contribution in [-0.4, -0.2) is 15.0 Å². The first-order chi connectivity index (χ1) is 29.8. The summed E-state index contributed by atoms with van der Waals surface area (Å²) >= 11 is 0. The predicted octanol–water partition coefficient (Wildman–Crippen LogP) is 15.0. The summed E-state index contributed by atoms with van der Waals surface area (Å²) in [5, 5.41) is 7.10. The Hall–Kier alpha value is -8.01. The van der Waals surface area contributed by atoms with Crippen molar-refractivity contribution in [2.75, 3.05) is 0 Å². The number of hydrogen-bond donors (Lipinski definition) is 0. The van der Waals surface area contributed by atoms with Gasteiger partial charge in [-0.1, -0.05) is 218 Å². The van der Waals surface area contributed by atoms with E-state index in [1.54, 1.807) is 0 Å². The molecule has 10 aromatic carbocycles. The lowest BCUT2D eigenvalue weighted by atomic mass is 9.87. The Bertz CT molecular complexity index is 3350. The molecule has 0 saturated heterocycles. The van der Waals surface area contributed by atoms with Crippen molar-refractivity contribution in [2.45, 2.75) is 0 Å². The van der Waals surface area contributed by atoms with Crippen molar-refractivity contribution < 1.29 is 0 Å². The Morgan fingerprint density at radius 1 is 0.183 bits per heavy atom. The summed E-state index contributed by atoms with van der Waals surface area (Å²) in [4.78, 5) is 15.4. The second-order valence-corrected chi connectivity index (χ2v) is 15.1. The average Bonchev–Trinajstić information content (AvgIpc) is 3.33. The minimum absolute atomic E-state index is 0.633. The molecule has 0 atom stereocenters. The largest absolute Gasteiger partial charge is 0.208 e. The van der Waals surface area contributed by atoms with Crippen LogP contribution in [0.15, 0.2) is 224 Å². The topological polar surface area (TPSA) is 38.7 Å². The van der Waals surface area contributed by atoms with Crippen molar-refractivity contribution in [3.8, 4) is 78.7 Å². The van der Waals surface area contributed by atoms with Gasteiger partial charge in [0.15, 0.2) is 17.5 Å². The Kier molecular flexibility index (Phi) is 8.83. The Morgan fingerprint density at radius 3 is 1.17 bits per heavy atom. The molecule has 0 amide bonds. The molecule has 1 heterocycles. The van der Waals surface area contributed by atoms with Crippen LogP contribution in [0.4, 0.5) is 0 Å². The van der Waals surface area contributed by atoms with Crippen LogP contribution in [0.5, 0.6) is 0 Å². The van der Waals surface area contributed by atoms with Gasteiger partial charge in [-0.3, -0.25) is 0 Å². The Labute approximate surface area is 349 Å². The summed E-state index contributed by atoms with van der Waals surface area (Å²) in [6, 6.07) is 79.5. The molecule has 3 heteroatoms. The summed E-state index contributed by atoms with van der Waals surface area (Å²) < 4.78 is 0. The SMILES string of the molecule is c1ccc(-c2nc(-c3ccc(-c4cccc5ccccc45)cc3)nc(-c3ccc(-c4ccc(-c5ccccc5-c5ccccc5)c5ccccc45)c4ccccc34)n2)cc1. The third kappa shape index (κ3) is 6.30. The molecule has 60 heavy (non-hydrogen) atoms. The molecule has 0 fully saturated rings. The number of rotatable bonds is 7. The van der Waals surface area contributed by atoms with Gasteiger partial charge in [0.2, 0.25) is 0 Å². The van der Waals surface area contributed by atoms with Crippen molar-refractivity contribution in [1.82, 2.24) is 15.0 Å². The van der Waals surface area contributed by atoms with Gasteiger partial charge >= 0.3 is 0 Å². The third-order valence-corrected chi connectivity index (χ3v) is 11.6. The highest BCUT2D eigenvalue weighted by Gasteiger charge is 2.19. The van der Waals surface area contributed by atoms with Crippen molar-refractivity contribution in [3.63, 3.8) is 0 Å². The molecule has 0 aliphatic heterocycles. The van der Waals surface area contributed by atoms with Gasteiger partial charge in [0.25, 0.3) is 0 Å². The zero-order chi connectivity index (χ0) is 39.8. The number of hydrogen-bond acceptors (Lipinski definition) is 3. The number of aromatic nitrogens is 3. The molecule has 0 bridgehead atoms. The van der Waals surface area contributed by atoms with E-state index in [-0.39, 0.29) is 0 Å². The quantitative estimate of drug-likeness (QED) is 0.162. The van der Waals surface area contributed by atoms with Crippen LogP contribution >= 0.6 is 0 Å². The molecule has 280 valence electrons. The second-order valence-electron chi connectivity index (χ2n) is 15.1. The smallest absolute Gasteiger partial charge is 0.164 e. The fourth-order valence-electron chi connectivity index (χ4n) is 8.70. The van der Waals surface area contributed by atoms with E-state index in [1.165, 1.54) is 54.9 Å². The highest BCUT2D eigenvalue weighted by molar-refractivity contribution is 6.12.